The average molecular weight is 528 g/mol. The molecular formula is C29H57N3O5. The van der Waals surface area contributed by atoms with Gasteiger partial charge in [-0.3, -0.25) is 9.59 Å². The average Bonchev–Trinajstić information content (AvgIpc) is 2.79. The lowest BCUT2D eigenvalue weighted by Crippen LogP contribution is -2.59. The first kappa shape index (κ1) is 35.2. The first-order chi connectivity index (χ1) is 17.1. The van der Waals surface area contributed by atoms with Gasteiger partial charge in [0.15, 0.2) is 0 Å². The molecule has 0 aliphatic carbocycles. The second-order valence-electron chi connectivity index (χ2n) is 12.1. The third-order valence-corrected chi connectivity index (χ3v) is 6.70. The Morgan fingerprint density at radius 3 is 1.73 bits per heavy atom. The molecule has 0 aromatic heterocycles. The van der Waals surface area contributed by atoms with Crippen LogP contribution in [0.5, 0.6) is 0 Å². The molecule has 8 nitrogen and oxygen atoms in total. The van der Waals surface area contributed by atoms with Crippen molar-refractivity contribution >= 4 is 17.9 Å². The molecule has 0 aromatic carbocycles. The molecule has 5 atom stereocenters. The fraction of sp³-hybridized carbons (Fsp3) is 0.897. The van der Waals surface area contributed by atoms with E-state index < -0.39 is 41.8 Å². The molecule has 0 heterocycles. The Morgan fingerprint density at radius 2 is 1.24 bits per heavy atom. The fourth-order valence-corrected chi connectivity index (χ4v) is 4.19. The van der Waals surface area contributed by atoms with Crippen LogP contribution in [0.15, 0.2) is 0 Å². The minimum atomic E-state index is -0.854. The summed E-state index contributed by atoms with van der Waals surface area (Å²) in [6.45, 7) is 18.9. The summed E-state index contributed by atoms with van der Waals surface area (Å²) in [7, 11) is 0. The monoisotopic (exact) mass is 527 g/mol. The van der Waals surface area contributed by atoms with E-state index in [9.17, 15) is 19.5 Å². The van der Waals surface area contributed by atoms with Crippen LogP contribution in [0.2, 0.25) is 0 Å². The second-order valence-corrected chi connectivity index (χ2v) is 12.1. The molecule has 37 heavy (non-hydrogen) atoms. The quantitative estimate of drug-likeness (QED) is 0.191. The Hall–Kier alpha value is -1.83. The number of ether oxygens (including phenoxy) is 1. The minimum absolute atomic E-state index is 0.0832. The van der Waals surface area contributed by atoms with Crippen LogP contribution in [0, 0.1) is 17.8 Å². The molecule has 2 unspecified atom stereocenters. The lowest BCUT2D eigenvalue weighted by Gasteiger charge is -2.32. The first-order valence-electron chi connectivity index (χ1n) is 14.4. The zero-order valence-electron chi connectivity index (χ0n) is 25.3. The molecule has 0 rings (SSSR count). The largest absolute Gasteiger partial charge is 0.444 e. The number of rotatable bonds is 17. The molecule has 0 aromatic rings. The summed E-state index contributed by atoms with van der Waals surface area (Å²) >= 11 is 0. The van der Waals surface area contributed by atoms with E-state index >= 15 is 0 Å². The van der Waals surface area contributed by atoms with E-state index in [1.165, 1.54) is 19.3 Å². The Labute approximate surface area is 226 Å². The second kappa shape index (κ2) is 17.6. The smallest absolute Gasteiger partial charge is 0.408 e. The molecule has 3 amide bonds. The van der Waals surface area contributed by atoms with E-state index in [0.29, 0.717) is 6.42 Å². The van der Waals surface area contributed by atoms with Gasteiger partial charge in [0, 0.05) is 0 Å². The van der Waals surface area contributed by atoms with E-state index in [1.807, 2.05) is 41.5 Å². The Balaban J connectivity index is 5.33. The van der Waals surface area contributed by atoms with E-state index in [-0.39, 0.29) is 23.7 Å². The Morgan fingerprint density at radius 1 is 0.757 bits per heavy atom. The van der Waals surface area contributed by atoms with E-state index in [2.05, 4.69) is 22.9 Å². The molecule has 0 aliphatic rings. The predicted octanol–water partition coefficient (Wildman–Crippen LogP) is 5.32. The van der Waals surface area contributed by atoms with Crippen molar-refractivity contribution < 1.29 is 24.2 Å². The van der Waals surface area contributed by atoms with Crippen LogP contribution >= 0.6 is 0 Å². The van der Waals surface area contributed by atoms with Gasteiger partial charge >= 0.3 is 6.09 Å². The molecule has 0 spiro atoms. The van der Waals surface area contributed by atoms with Gasteiger partial charge in [0.2, 0.25) is 11.8 Å². The van der Waals surface area contributed by atoms with Crippen LogP contribution in [0.1, 0.15) is 121 Å². The van der Waals surface area contributed by atoms with Crippen LogP contribution in [0.4, 0.5) is 4.79 Å². The van der Waals surface area contributed by atoms with Crippen molar-refractivity contribution in [2.75, 3.05) is 0 Å². The van der Waals surface area contributed by atoms with Crippen LogP contribution in [0.25, 0.3) is 0 Å². The number of aliphatic hydroxyl groups is 1. The van der Waals surface area contributed by atoms with Gasteiger partial charge in [-0.25, -0.2) is 4.79 Å². The van der Waals surface area contributed by atoms with Crippen molar-refractivity contribution in [3.8, 4) is 0 Å². The zero-order valence-corrected chi connectivity index (χ0v) is 25.3. The number of unbranched alkanes of at least 4 members (excludes halogenated alkanes) is 5. The summed E-state index contributed by atoms with van der Waals surface area (Å²) in [6.07, 6.45) is 6.93. The van der Waals surface area contributed by atoms with Gasteiger partial charge in [0.25, 0.3) is 0 Å². The van der Waals surface area contributed by atoms with Gasteiger partial charge < -0.3 is 25.8 Å². The van der Waals surface area contributed by atoms with Gasteiger partial charge in [-0.2, -0.15) is 0 Å². The maximum absolute atomic E-state index is 13.4. The molecule has 0 radical (unpaired) electrons. The van der Waals surface area contributed by atoms with Crippen LogP contribution in [-0.2, 0) is 14.3 Å². The normalized spacial score (nSPS) is 16.0. The SMILES string of the molecule is CCCCCCCCC(O)[C@@H](NC(=O)[C@@H](NC(=O)[C@@H](NC(=O)OC(C)(C)C)C(C)C)C(C)C)C(C)CC. The molecule has 0 fully saturated rings. The molecule has 0 saturated heterocycles. The van der Waals surface area contributed by atoms with Crippen LogP contribution < -0.4 is 16.0 Å². The van der Waals surface area contributed by atoms with Gasteiger partial charge in [-0.1, -0.05) is 93.4 Å². The van der Waals surface area contributed by atoms with E-state index in [4.69, 9.17) is 4.74 Å². The van der Waals surface area contributed by atoms with Crippen molar-refractivity contribution in [1.29, 1.82) is 0 Å². The highest BCUT2D eigenvalue weighted by Crippen LogP contribution is 2.18. The van der Waals surface area contributed by atoms with Gasteiger partial charge in [-0.05, 0) is 44.9 Å². The summed E-state index contributed by atoms with van der Waals surface area (Å²) in [6, 6.07) is -2.05. The number of aliphatic hydroxyl groups excluding tert-OH is 1. The molecule has 218 valence electrons. The maximum atomic E-state index is 13.4. The number of carbonyl (C=O) groups excluding carboxylic acids is 3. The van der Waals surface area contributed by atoms with Crippen molar-refractivity contribution in [3.63, 3.8) is 0 Å². The molecule has 0 bridgehead atoms. The lowest BCUT2D eigenvalue weighted by molar-refractivity contribution is -0.132. The van der Waals surface area contributed by atoms with Crippen molar-refractivity contribution in [2.45, 2.75) is 150 Å². The zero-order chi connectivity index (χ0) is 28.8. The number of hydrogen-bond acceptors (Lipinski definition) is 5. The Kier molecular flexibility index (Phi) is 16.8. The van der Waals surface area contributed by atoms with Crippen LogP contribution in [-0.4, -0.2) is 52.8 Å². The summed E-state index contributed by atoms with van der Waals surface area (Å²) in [4.78, 5) is 38.8. The van der Waals surface area contributed by atoms with Crippen molar-refractivity contribution in [2.24, 2.45) is 17.8 Å². The summed E-state index contributed by atoms with van der Waals surface area (Å²) in [5.41, 5.74) is -0.691. The topological polar surface area (TPSA) is 117 Å². The summed E-state index contributed by atoms with van der Waals surface area (Å²) in [5, 5.41) is 19.5. The fourth-order valence-electron chi connectivity index (χ4n) is 4.19. The molecule has 0 saturated carbocycles. The van der Waals surface area contributed by atoms with Crippen molar-refractivity contribution in [3.05, 3.63) is 0 Å². The van der Waals surface area contributed by atoms with Crippen LogP contribution in [0.3, 0.4) is 0 Å². The molecule has 4 N–H and O–H groups in total. The predicted molar refractivity (Wildman–Crippen MR) is 150 cm³/mol. The van der Waals surface area contributed by atoms with Gasteiger partial charge in [0.1, 0.15) is 17.7 Å². The third kappa shape index (κ3) is 14.6. The van der Waals surface area contributed by atoms with Gasteiger partial charge in [0.05, 0.1) is 12.1 Å². The van der Waals surface area contributed by atoms with E-state index in [0.717, 1.165) is 25.7 Å². The molecule has 0 aliphatic heterocycles. The minimum Gasteiger partial charge on any atom is -0.444 e. The number of amides is 3. The summed E-state index contributed by atoms with van der Waals surface area (Å²) < 4.78 is 5.31. The van der Waals surface area contributed by atoms with Gasteiger partial charge in [-0.15, -0.1) is 0 Å². The molecule has 8 heteroatoms. The summed E-state index contributed by atoms with van der Waals surface area (Å²) in [5.74, 6) is -1.08. The Bertz CT molecular complexity index is 675. The first-order valence-corrected chi connectivity index (χ1v) is 14.4. The third-order valence-electron chi connectivity index (χ3n) is 6.70. The highest BCUT2D eigenvalue weighted by atomic mass is 16.6. The maximum Gasteiger partial charge on any atom is 0.408 e. The molecular weight excluding hydrogens is 470 g/mol. The highest BCUT2D eigenvalue weighted by molar-refractivity contribution is 5.91. The number of alkyl carbamates (subject to hydrolysis) is 1. The van der Waals surface area contributed by atoms with Crippen molar-refractivity contribution in [1.82, 2.24) is 16.0 Å². The standard InChI is InChI=1S/C29H57N3O5/c1-11-13-14-15-16-17-18-22(33)25(21(7)12-2)31-26(34)23(19(3)4)30-27(35)24(20(5)6)32-28(36)37-29(8,9)10/h19-25,33H,11-18H2,1-10H3,(H,30,35)(H,31,34)(H,32,36)/t21?,22?,23-,24-,25-/m0/s1. The highest BCUT2D eigenvalue weighted by Gasteiger charge is 2.34. The lowest BCUT2D eigenvalue weighted by atomic mass is 9.90. The number of carbonyl (C=O) groups is 3. The number of nitrogens with one attached hydrogen (secondary N) is 3. The number of hydrogen-bond donors (Lipinski definition) is 4. The van der Waals surface area contributed by atoms with E-state index in [1.54, 1.807) is 20.8 Å².